The molecule has 0 bridgehead atoms. The van der Waals surface area contributed by atoms with Crippen LogP contribution in [0.4, 0.5) is 0 Å². The van der Waals surface area contributed by atoms with Crippen LogP contribution in [-0.4, -0.2) is 120 Å². The number of benzene rings is 4. The number of hydrogen-bond donors (Lipinski definition) is 10. The highest BCUT2D eigenvalue weighted by Crippen LogP contribution is 2.20. The Morgan fingerprint density at radius 3 is 1.59 bits per heavy atom. The minimum atomic E-state index is -0.521. The number of aliphatic hydroxyl groups is 1. The van der Waals surface area contributed by atoms with Gasteiger partial charge in [0.2, 0.25) is 0 Å². The fourth-order valence-electron chi connectivity index (χ4n) is 8.07. The minimum absolute atomic E-state index is 0.106. The first-order chi connectivity index (χ1) is 28.2. The molecule has 1 aliphatic rings. The number of phenolic OH excluding ortho intramolecular Hbond substituents is 3. The zero-order valence-electron chi connectivity index (χ0n) is 34.6. The molecule has 1 heterocycles. The molecule has 0 saturated carbocycles. The van der Waals surface area contributed by atoms with E-state index in [1.54, 1.807) is 36.4 Å². The second kappa shape index (κ2) is 24.1. The van der Waals surface area contributed by atoms with Gasteiger partial charge in [-0.3, -0.25) is 4.90 Å². The van der Waals surface area contributed by atoms with Crippen molar-refractivity contribution in [2.45, 2.75) is 94.7 Å². The van der Waals surface area contributed by atoms with Crippen LogP contribution in [0, 0.1) is 0 Å². The average molecular weight is 796 g/mol. The molecule has 58 heavy (non-hydrogen) atoms. The van der Waals surface area contributed by atoms with Gasteiger partial charge in [-0.25, -0.2) is 0 Å². The van der Waals surface area contributed by atoms with Crippen molar-refractivity contribution < 1.29 is 20.4 Å². The van der Waals surface area contributed by atoms with Gasteiger partial charge in [-0.1, -0.05) is 73.7 Å². The molecule has 0 unspecified atom stereocenters. The molecule has 0 amide bonds. The van der Waals surface area contributed by atoms with Gasteiger partial charge in [-0.15, -0.1) is 0 Å². The van der Waals surface area contributed by atoms with Crippen LogP contribution >= 0.6 is 0 Å². The van der Waals surface area contributed by atoms with Crippen LogP contribution < -0.4 is 32.3 Å². The highest BCUT2D eigenvalue weighted by atomic mass is 16.3. The van der Waals surface area contributed by atoms with E-state index in [4.69, 9.17) is 5.73 Å². The minimum Gasteiger partial charge on any atom is -0.508 e. The third-order valence-corrected chi connectivity index (χ3v) is 11.4. The largest absolute Gasteiger partial charge is 0.508 e. The number of phenols is 3. The Bertz CT molecular complexity index is 1700. The van der Waals surface area contributed by atoms with Crippen LogP contribution in [0.15, 0.2) is 103 Å². The monoisotopic (exact) mass is 796 g/mol. The number of nitrogens with zero attached hydrogens (tertiary/aromatic N) is 1. The van der Waals surface area contributed by atoms with E-state index < -0.39 is 6.10 Å². The number of likely N-dealkylation sites (N-methyl/N-ethyl adjacent to an activating group) is 1. The van der Waals surface area contributed by atoms with Crippen LogP contribution in [0.1, 0.15) is 48.9 Å². The lowest BCUT2D eigenvalue weighted by Crippen LogP contribution is -2.54. The topological polar surface area (TPSA) is 170 Å². The molecule has 1 fully saturated rings. The zero-order chi connectivity index (χ0) is 41.1. The molecule has 11 nitrogen and oxygen atoms in total. The van der Waals surface area contributed by atoms with E-state index in [9.17, 15) is 20.4 Å². The van der Waals surface area contributed by atoms with Gasteiger partial charge in [-0.2, -0.15) is 0 Å². The normalized spacial score (nSPS) is 17.8. The Balaban J connectivity index is 1.23. The van der Waals surface area contributed by atoms with Gasteiger partial charge in [-0.05, 0) is 117 Å². The highest BCUT2D eigenvalue weighted by Gasteiger charge is 2.29. The second-order valence-corrected chi connectivity index (χ2v) is 16.2. The first kappa shape index (κ1) is 45.1. The molecule has 0 spiro atoms. The molecule has 4 aromatic rings. The molecule has 1 saturated heterocycles. The number of nitrogens with two attached hydrogens (primary N) is 1. The Morgan fingerprint density at radius 2 is 1.07 bits per heavy atom. The van der Waals surface area contributed by atoms with Crippen molar-refractivity contribution in [2.75, 3.05) is 52.4 Å². The summed E-state index contributed by atoms with van der Waals surface area (Å²) in [5, 5.41) is 59.4. The van der Waals surface area contributed by atoms with Gasteiger partial charge in [0.05, 0.1) is 6.10 Å². The lowest BCUT2D eigenvalue weighted by atomic mass is 10.0. The van der Waals surface area contributed by atoms with Crippen molar-refractivity contribution in [3.05, 3.63) is 125 Å². The van der Waals surface area contributed by atoms with Gasteiger partial charge in [0.1, 0.15) is 17.2 Å². The summed E-state index contributed by atoms with van der Waals surface area (Å²) in [6, 6.07) is 33.7. The summed E-state index contributed by atoms with van der Waals surface area (Å²) in [6.45, 7) is 10.1. The summed E-state index contributed by atoms with van der Waals surface area (Å²) in [7, 11) is 0. The zero-order valence-corrected chi connectivity index (χ0v) is 34.6. The van der Waals surface area contributed by atoms with Gasteiger partial charge in [0.15, 0.2) is 0 Å². The fraction of sp³-hybridized carbons (Fsp3) is 0.489. The highest BCUT2D eigenvalue weighted by molar-refractivity contribution is 5.28. The summed E-state index contributed by atoms with van der Waals surface area (Å²) in [5.74, 6) is 0.794. The molecule has 11 N–H and O–H groups in total. The molecule has 4 aromatic carbocycles. The summed E-state index contributed by atoms with van der Waals surface area (Å²) in [6.07, 6.45) is 4.98. The van der Waals surface area contributed by atoms with Crippen molar-refractivity contribution in [2.24, 2.45) is 5.73 Å². The van der Waals surface area contributed by atoms with E-state index in [1.807, 2.05) is 49.4 Å². The fourth-order valence-corrected chi connectivity index (χ4v) is 8.07. The van der Waals surface area contributed by atoms with Crippen LogP contribution in [0.25, 0.3) is 0 Å². The molecule has 5 rings (SSSR count). The van der Waals surface area contributed by atoms with Crippen LogP contribution in [0.3, 0.4) is 0 Å². The van der Waals surface area contributed by atoms with E-state index in [0.29, 0.717) is 19.1 Å². The maximum absolute atomic E-state index is 10.8. The van der Waals surface area contributed by atoms with Crippen molar-refractivity contribution in [3.63, 3.8) is 0 Å². The van der Waals surface area contributed by atoms with Crippen molar-refractivity contribution in [3.8, 4) is 17.2 Å². The quantitative estimate of drug-likeness (QED) is 0.0450. The van der Waals surface area contributed by atoms with E-state index in [-0.39, 0.29) is 47.5 Å². The number of aliphatic hydroxyl groups excluding tert-OH is 1. The van der Waals surface area contributed by atoms with Gasteiger partial charge < -0.3 is 52.7 Å². The molecular weight excluding hydrogens is 727 g/mol. The van der Waals surface area contributed by atoms with E-state index in [0.717, 1.165) is 83.4 Å². The van der Waals surface area contributed by atoms with Crippen LogP contribution in [0.2, 0.25) is 0 Å². The summed E-state index contributed by atoms with van der Waals surface area (Å²) < 4.78 is 0. The van der Waals surface area contributed by atoms with Crippen molar-refractivity contribution >= 4 is 0 Å². The Hall–Kier alpha value is -4.04. The molecule has 11 heteroatoms. The predicted octanol–water partition coefficient (Wildman–Crippen LogP) is 3.69. The molecule has 0 aliphatic carbocycles. The Labute approximate surface area is 346 Å². The van der Waals surface area contributed by atoms with Crippen molar-refractivity contribution in [1.82, 2.24) is 31.5 Å². The van der Waals surface area contributed by atoms with E-state index in [2.05, 4.69) is 62.7 Å². The maximum atomic E-state index is 10.8. The third-order valence-electron chi connectivity index (χ3n) is 11.4. The van der Waals surface area contributed by atoms with Crippen LogP contribution in [-0.2, 0) is 25.7 Å². The summed E-state index contributed by atoms with van der Waals surface area (Å²) in [4.78, 5) is 2.59. The lowest BCUT2D eigenvalue weighted by molar-refractivity contribution is 0.133. The van der Waals surface area contributed by atoms with Crippen LogP contribution in [0.5, 0.6) is 17.2 Å². The number of likely N-dealkylation sites (tertiary alicyclic amines) is 1. The smallest absolute Gasteiger partial charge is 0.115 e. The maximum Gasteiger partial charge on any atom is 0.115 e. The third kappa shape index (κ3) is 15.6. The molecule has 316 valence electrons. The van der Waals surface area contributed by atoms with Gasteiger partial charge >= 0.3 is 0 Å². The molecule has 0 aromatic heterocycles. The van der Waals surface area contributed by atoms with Gasteiger partial charge in [0.25, 0.3) is 0 Å². The Kier molecular flexibility index (Phi) is 18.8. The predicted molar refractivity (Wildman–Crippen MR) is 236 cm³/mol. The first-order valence-electron chi connectivity index (χ1n) is 21.3. The number of rotatable bonds is 26. The van der Waals surface area contributed by atoms with E-state index >= 15 is 0 Å². The first-order valence-corrected chi connectivity index (χ1v) is 21.3. The number of nitrogens with one attached hydrogen (secondary N) is 5. The number of hydrogen-bond acceptors (Lipinski definition) is 11. The molecule has 1 aliphatic heterocycles. The Morgan fingerprint density at radius 1 is 0.603 bits per heavy atom. The van der Waals surface area contributed by atoms with Gasteiger partial charge in [0, 0.05) is 75.5 Å². The molecular formula is C47H69N7O4. The summed E-state index contributed by atoms with van der Waals surface area (Å²) in [5.41, 5.74) is 10.9. The lowest BCUT2D eigenvalue weighted by Gasteiger charge is -2.33. The number of aromatic hydroxyl groups is 3. The average Bonchev–Trinajstić information content (AvgIpc) is 3.67. The summed E-state index contributed by atoms with van der Waals surface area (Å²) >= 11 is 0. The SMILES string of the molecule is CCN[C@H](CN[C@H](CN[C@@H](Cc1ccc(O)cc1)CN1CCC[C@H]1CN[C@@H](CN[C@H](CN)Cc1ccccc1)[C@@H](C)O)Cc1ccc(O)cc1)Cc1ccc(O)cc1. The standard InChI is InChI=1S/C47H69N7O4/c1-3-49-40(25-36-11-17-44(56)18-12-36)29-50-41(26-37-13-19-45(57)20-14-37)30-51-42(27-38-15-21-46(58)22-16-38)33-54-23-7-10-43(54)31-53-47(34(2)55)32-52-39(28-48)24-35-8-5-4-6-9-35/h4-6,8-9,11-22,34,39-43,47,49-53,55-58H,3,7,10,23-33,48H2,1-2H3/t34-,39+,40+,41+,42+,43+,47+/m1/s1. The van der Waals surface area contributed by atoms with Crippen molar-refractivity contribution in [1.29, 1.82) is 0 Å². The molecule has 7 atom stereocenters. The molecule has 0 radical (unpaired) electrons. The second-order valence-electron chi connectivity index (χ2n) is 16.2. The van der Waals surface area contributed by atoms with E-state index in [1.165, 1.54) is 16.7 Å².